The molecule has 4 N–H and O–H groups in total. The summed E-state index contributed by atoms with van der Waals surface area (Å²) in [5, 5.41) is 28.2. The number of amides is 1. The van der Waals surface area contributed by atoms with Crippen LogP contribution in [0, 0.1) is 29.1 Å². The van der Waals surface area contributed by atoms with E-state index < -0.39 is 11.5 Å². The molecule has 1 aromatic heterocycles. The van der Waals surface area contributed by atoms with E-state index in [4.69, 9.17) is 20.9 Å². The summed E-state index contributed by atoms with van der Waals surface area (Å²) in [6.07, 6.45) is 6.97. The Kier molecular flexibility index (Phi) is 7.51. The highest BCUT2D eigenvalue weighted by Gasteiger charge is 2.59. The first kappa shape index (κ1) is 26.3. The summed E-state index contributed by atoms with van der Waals surface area (Å²) in [6, 6.07) is 5.51. The molecule has 0 aliphatic heterocycles. The number of rotatable bonds is 8. The van der Waals surface area contributed by atoms with Crippen molar-refractivity contribution >= 4 is 28.1 Å². The topological polar surface area (TPSA) is 113 Å². The Balaban J connectivity index is 1.75. The second-order valence-corrected chi connectivity index (χ2v) is 11.3. The van der Waals surface area contributed by atoms with Crippen LogP contribution >= 0.6 is 11.3 Å². The lowest BCUT2D eigenvalue weighted by Crippen LogP contribution is -2.57. The summed E-state index contributed by atoms with van der Waals surface area (Å²) in [5.74, 6) is 3.48. The van der Waals surface area contributed by atoms with Crippen molar-refractivity contribution in [3.05, 3.63) is 28.8 Å². The molecule has 2 aliphatic rings. The highest BCUT2D eigenvalue weighted by Crippen LogP contribution is 2.63. The van der Waals surface area contributed by atoms with Crippen molar-refractivity contribution in [3.8, 4) is 23.8 Å². The predicted octanol–water partition coefficient (Wildman–Crippen LogP) is 3.46. The molecular weight excluding hydrogens is 478 g/mol. The minimum atomic E-state index is -0.675. The summed E-state index contributed by atoms with van der Waals surface area (Å²) in [6.45, 7) is 4.19. The van der Waals surface area contributed by atoms with Gasteiger partial charge in [0.05, 0.1) is 44.9 Å². The Morgan fingerprint density at radius 3 is 2.78 bits per heavy atom. The van der Waals surface area contributed by atoms with Gasteiger partial charge in [0, 0.05) is 28.7 Å². The molecule has 2 aliphatic carbocycles. The van der Waals surface area contributed by atoms with Crippen LogP contribution < -0.4 is 20.1 Å². The first-order chi connectivity index (χ1) is 17.2. The Hall–Kier alpha value is -2.80. The molecule has 0 radical (unpaired) electrons. The minimum Gasteiger partial charge on any atom is -0.497 e. The van der Waals surface area contributed by atoms with Crippen LogP contribution in [0.25, 0.3) is 0 Å². The number of benzene rings is 1. The fourth-order valence-corrected chi connectivity index (χ4v) is 7.21. The van der Waals surface area contributed by atoms with Gasteiger partial charge in [-0.3, -0.25) is 4.79 Å². The summed E-state index contributed by atoms with van der Waals surface area (Å²) in [7, 11) is 3.22. The zero-order chi connectivity index (χ0) is 26.1. The van der Waals surface area contributed by atoms with Gasteiger partial charge in [-0.15, -0.1) is 17.8 Å². The first-order valence-corrected chi connectivity index (χ1v) is 13.0. The molecule has 36 heavy (non-hydrogen) atoms. The fraction of sp³-hybridized carbons (Fsp3) is 0.556. The number of thiazole rings is 1. The zero-order valence-electron chi connectivity index (χ0n) is 21.3. The molecule has 0 spiro atoms. The lowest BCUT2D eigenvalue weighted by atomic mass is 9.47. The zero-order valence-corrected chi connectivity index (χ0v) is 22.1. The van der Waals surface area contributed by atoms with Crippen molar-refractivity contribution in [2.75, 3.05) is 32.7 Å². The van der Waals surface area contributed by atoms with E-state index in [2.05, 4.69) is 23.5 Å². The maximum absolute atomic E-state index is 12.9. The average molecular weight is 514 g/mol. The lowest BCUT2D eigenvalue weighted by molar-refractivity contribution is -0.144. The van der Waals surface area contributed by atoms with Crippen LogP contribution in [0.15, 0.2) is 18.2 Å². The second kappa shape index (κ2) is 10.3. The number of fused-ring (bicyclic) bond motifs is 2. The van der Waals surface area contributed by atoms with Gasteiger partial charge >= 0.3 is 0 Å². The van der Waals surface area contributed by atoms with Crippen molar-refractivity contribution in [1.82, 2.24) is 10.3 Å². The number of nitrogens with one attached hydrogen (secondary N) is 2. The first-order valence-electron chi connectivity index (χ1n) is 12.2. The van der Waals surface area contributed by atoms with E-state index in [1.807, 2.05) is 25.1 Å². The van der Waals surface area contributed by atoms with Crippen LogP contribution in [0.1, 0.15) is 49.6 Å². The highest BCUT2D eigenvalue weighted by molar-refractivity contribution is 7.15. The van der Waals surface area contributed by atoms with Crippen molar-refractivity contribution in [1.29, 1.82) is 0 Å². The van der Waals surface area contributed by atoms with Crippen molar-refractivity contribution in [2.45, 2.75) is 51.6 Å². The summed E-state index contributed by atoms with van der Waals surface area (Å²) in [4.78, 5) is 18.9. The molecule has 8 nitrogen and oxygen atoms in total. The minimum absolute atomic E-state index is 0.0173. The number of hydrogen-bond acceptors (Lipinski definition) is 8. The van der Waals surface area contributed by atoms with E-state index in [1.165, 1.54) is 11.3 Å². The van der Waals surface area contributed by atoms with Crippen LogP contribution in [0.3, 0.4) is 0 Å². The van der Waals surface area contributed by atoms with Gasteiger partial charge in [0.25, 0.3) is 0 Å². The molecule has 0 saturated heterocycles. The van der Waals surface area contributed by atoms with E-state index in [9.17, 15) is 15.0 Å². The molecule has 1 amide bonds. The van der Waals surface area contributed by atoms with Crippen LogP contribution in [0.5, 0.6) is 11.5 Å². The maximum Gasteiger partial charge on any atom is 0.221 e. The van der Waals surface area contributed by atoms with E-state index in [-0.39, 0.29) is 42.7 Å². The van der Waals surface area contributed by atoms with Gasteiger partial charge < -0.3 is 30.3 Å². The Bertz CT molecular complexity index is 1160. The van der Waals surface area contributed by atoms with Gasteiger partial charge in [0.15, 0.2) is 5.13 Å². The molecule has 5 atom stereocenters. The summed E-state index contributed by atoms with van der Waals surface area (Å²) < 4.78 is 10.9. The van der Waals surface area contributed by atoms with Gasteiger partial charge in [-0.25, -0.2) is 4.98 Å². The lowest BCUT2D eigenvalue weighted by Gasteiger charge is -2.58. The largest absolute Gasteiger partial charge is 0.497 e. The third-order valence-corrected chi connectivity index (χ3v) is 9.33. The monoisotopic (exact) mass is 513 g/mol. The Morgan fingerprint density at radius 1 is 1.33 bits per heavy atom. The number of carbonyl (C=O) groups is 1. The molecule has 1 aromatic carbocycles. The van der Waals surface area contributed by atoms with E-state index in [0.29, 0.717) is 29.5 Å². The number of aromatic nitrogens is 1. The molecule has 1 fully saturated rings. The maximum atomic E-state index is 12.9. The van der Waals surface area contributed by atoms with Gasteiger partial charge in [-0.1, -0.05) is 19.8 Å². The number of aliphatic hydroxyl groups is 2. The summed E-state index contributed by atoms with van der Waals surface area (Å²) in [5.41, 5.74) is 0.628. The molecular formula is C27H35N3O5S. The molecule has 9 heteroatoms. The Labute approximate surface area is 216 Å². The molecule has 2 aromatic rings. The normalized spacial score (nSPS) is 28.9. The van der Waals surface area contributed by atoms with Gasteiger partial charge in [0.1, 0.15) is 11.5 Å². The highest BCUT2D eigenvalue weighted by atomic mass is 32.1. The standard InChI is InChI=1S/C27H35N3O5S/c1-6-11-28-23(33)13-17-24-20(14-21-26(17,2)10-9-22(32)27(21,3)15-31)36-25(30-24)29-18-12-16(34-4)7-8-19(18)35-5/h1,7-8,12,17,21-22,31-32H,9-11,13-15H2,2-5H3,(H,28,33)(H,29,30)/t17-,21+,22-,26+,27+/m1/s1. The summed E-state index contributed by atoms with van der Waals surface area (Å²) >= 11 is 1.53. The van der Waals surface area contributed by atoms with Crippen LogP contribution in [0.2, 0.25) is 0 Å². The molecule has 0 bridgehead atoms. The molecule has 194 valence electrons. The number of aliphatic hydroxyl groups excluding tert-OH is 2. The number of nitrogens with zero attached hydrogens (tertiary/aromatic N) is 1. The smallest absolute Gasteiger partial charge is 0.221 e. The average Bonchev–Trinajstić information content (AvgIpc) is 3.28. The quantitative estimate of drug-likeness (QED) is 0.400. The van der Waals surface area contributed by atoms with Crippen LogP contribution in [0.4, 0.5) is 10.8 Å². The number of anilines is 2. The van der Waals surface area contributed by atoms with Gasteiger partial charge in [-0.05, 0) is 42.7 Å². The van der Waals surface area contributed by atoms with E-state index >= 15 is 0 Å². The van der Waals surface area contributed by atoms with Crippen LogP contribution in [-0.2, 0) is 11.2 Å². The fourth-order valence-electron chi connectivity index (χ4n) is 6.13. The third-order valence-electron chi connectivity index (χ3n) is 8.32. The molecule has 1 saturated carbocycles. The van der Waals surface area contributed by atoms with E-state index in [0.717, 1.165) is 22.7 Å². The SMILES string of the molecule is C#CCNC(=O)C[C@@H]1c2nc(Nc3cc(OC)ccc3OC)sc2C[C@@H]2[C@](C)(CO)[C@H](O)CC[C@]21C. The number of terminal acetylenes is 1. The molecule has 1 heterocycles. The second-order valence-electron chi connectivity index (χ2n) is 10.2. The van der Waals surface area contributed by atoms with Crippen molar-refractivity contribution in [2.24, 2.45) is 16.7 Å². The molecule has 4 rings (SSSR count). The Morgan fingerprint density at radius 2 is 2.11 bits per heavy atom. The van der Waals surface area contributed by atoms with Crippen LogP contribution in [-0.4, -0.2) is 54.6 Å². The number of carbonyl (C=O) groups excluding carboxylic acids is 1. The third kappa shape index (κ3) is 4.54. The molecule has 0 unspecified atom stereocenters. The number of methoxy groups -OCH3 is 2. The van der Waals surface area contributed by atoms with Crippen molar-refractivity contribution < 1.29 is 24.5 Å². The van der Waals surface area contributed by atoms with Crippen molar-refractivity contribution in [3.63, 3.8) is 0 Å². The number of hydrogen-bond donors (Lipinski definition) is 4. The predicted molar refractivity (Wildman–Crippen MR) is 140 cm³/mol. The van der Waals surface area contributed by atoms with E-state index in [1.54, 1.807) is 14.2 Å². The number of ether oxygens (including phenoxy) is 2. The van der Waals surface area contributed by atoms with Gasteiger partial charge in [0.2, 0.25) is 5.91 Å². The van der Waals surface area contributed by atoms with Gasteiger partial charge in [-0.2, -0.15) is 0 Å².